The average molecular weight is 293 g/mol. The fourth-order valence-corrected chi connectivity index (χ4v) is 3.43. The summed E-state index contributed by atoms with van der Waals surface area (Å²) in [6.45, 7) is 5.46. The van der Waals surface area contributed by atoms with E-state index in [1.54, 1.807) is 0 Å². The largest absolute Gasteiger partial charge is 0.378 e. The number of nitrogens with one attached hydrogen (secondary N) is 1. The molecule has 2 fully saturated rings. The molecule has 0 spiro atoms. The number of aromatic nitrogens is 2. The van der Waals surface area contributed by atoms with Crippen LogP contribution in [0.2, 0.25) is 0 Å². The van der Waals surface area contributed by atoms with Crippen LogP contribution in [0.15, 0.2) is 4.52 Å². The van der Waals surface area contributed by atoms with Gasteiger partial charge < -0.3 is 14.6 Å². The Morgan fingerprint density at radius 3 is 3.00 bits per heavy atom. The van der Waals surface area contributed by atoms with Gasteiger partial charge >= 0.3 is 0 Å². The maximum atomic E-state index is 5.74. The van der Waals surface area contributed by atoms with E-state index < -0.39 is 0 Å². The highest BCUT2D eigenvalue weighted by atomic mass is 16.5. The Morgan fingerprint density at radius 2 is 2.24 bits per heavy atom. The average Bonchev–Trinajstić information content (AvgIpc) is 2.96. The van der Waals surface area contributed by atoms with E-state index in [4.69, 9.17) is 9.26 Å². The summed E-state index contributed by atoms with van der Waals surface area (Å²) in [6.07, 6.45) is 8.11. The van der Waals surface area contributed by atoms with Crippen molar-refractivity contribution in [2.24, 2.45) is 11.8 Å². The zero-order valence-corrected chi connectivity index (χ0v) is 13.0. The van der Waals surface area contributed by atoms with Crippen molar-refractivity contribution >= 4 is 0 Å². The smallest absolute Gasteiger partial charge is 0.226 e. The van der Waals surface area contributed by atoms with Gasteiger partial charge in [-0.25, -0.2) is 0 Å². The summed E-state index contributed by atoms with van der Waals surface area (Å²) >= 11 is 0. The zero-order valence-electron chi connectivity index (χ0n) is 13.0. The Kier molecular flexibility index (Phi) is 5.25. The summed E-state index contributed by atoms with van der Waals surface area (Å²) in [5.41, 5.74) is 0. The molecular formula is C16H27N3O2. The minimum Gasteiger partial charge on any atom is -0.378 e. The third-order valence-electron chi connectivity index (χ3n) is 4.83. The van der Waals surface area contributed by atoms with Gasteiger partial charge in [-0.05, 0) is 57.0 Å². The van der Waals surface area contributed by atoms with Crippen LogP contribution in [0.3, 0.4) is 0 Å². The van der Waals surface area contributed by atoms with Gasteiger partial charge in [0.25, 0.3) is 0 Å². The van der Waals surface area contributed by atoms with Crippen LogP contribution in [0.5, 0.6) is 0 Å². The standard InChI is InChI=1S/C16H27N3O2/c1-12(13-5-4-7-17-11-13)9-16-18-15(19-21-16)10-14-6-2-3-8-20-14/h12-14,17H,2-11H2,1H3. The van der Waals surface area contributed by atoms with Crippen LogP contribution in [0.1, 0.15) is 50.7 Å². The molecule has 3 heterocycles. The van der Waals surface area contributed by atoms with Crippen LogP contribution < -0.4 is 5.32 Å². The van der Waals surface area contributed by atoms with Gasteiger partial charge in [-0.2, -0.15) is 4.98 Å². The molecule has 0 aromatic carbocycles. The topological polar surface area (TPSA) is 60.2 Å². The molecule has 118 valence electrons. The predicted octanol–water partition coefficient (Wildman–Crippen LogP) is 2.36. The summed E-state index contributed by atoms with van der Waals surface area (Å²) in [5.74, 6) is 2.93. The van der Waals surface area contributed by atoms with Crippen molar-refractivity contribution in [1.29, 1.82) is 0 Å². The Balaban J connectivity index is 1.49. The van der Waals surface area contributed by atoms with Crippen LogP contribution in [0.4, 0.5) is 0 Å². The van der Waals surface area contributed by atoms with Gasteiger partial charge in [-0.15, -0.1) is 0 Å². The molecule has 0 aliphatic carbocycles. The molecule has 1 aromatic rings. The SMILES string of the molecule is CC(Cc1nc(CC2CCCCO2)no1)C1CCCNC1. The van der Waals surface area contributed by atoms with Gasteiger partial charge in [-0.1, -0.05) is 12.1 Å². The van der Waals surface area contributed by atoms with Crippen molar-refractivity contribution in [3.63, 3.8) is 0 Å². The molecule has 5 heteroatoms. The second-order valence-corrected chi connectivity index (χ2v) is 6.58. The Labute approximate surface area is 126 Å². The number of piperidine rings is 1. The number of nitrogens with zero attached hydrogens (tertiary/aromatic N) is 2. The van der Waals surface area contributed by atoms with E-state index in [0.29, 0.717) is 5.92 Å². The number of hydrogen-bond acceptors (Lipinski definition) is 5. The quantitative estimate of drug-likeness (QED) is 0.903. The first kappa shape index (κ1) is 15.0. The Hall–Kier alpha value is -0.940. The minimum atomic E-state index is 0.282. The second kappa shape index (κ2) is 7.36. The van der Waals surface area contributed by atoms with E-state index in [2.05, 4.69) is 22.4 Å². The summed E-state index contributed by atoms with van der Waals surface area (Å²) in [7, 11) is 0. The van der Waals surface area contributed by atoms with E-state index in [-0.39, 0.29) is 6.10 Å². The first-order valence-corrected chi connectivity index (χ1v) is 8.45. The van der Waals surface area contributed by atoms with Crippen molar-refractivity contribution in [3.8, 4) is 0 Å². The normalized spacial score (nSPS) is 28.4. The summed E-state index contributed by atoms with van der Waals surface area (Å²) in [4.78, 5) is 4.56. The van der Waals surface area contributed by atoms with Crippen LogP contribution in [0.25, 0.3) is 0 Å². The second-order valence-electron chi connectivity index (χ2n) is 6.58. The van der Waals surface area contributed by atoms with E-state index in [0.717, 1.165) is 56.6 Å². The lowest BCUT2D eigenvalue weighted by Gasteiger charge is -2.27. The highest BCUT2D eigenvalue weighted by Crippen LogP contribution is 2.23. The highest BCUT2D eigenvalue weighted by molar-refractivity contribution is 4.91. The van der Waals surface area contributed by atoms with Crippen molar-refractivity contribution < 1.29 is 9.26 Å². The first-order valence-electron chi connectivity index (χ1n) is 8.45. The van der Waals surface area contributed by atoms with Crippen molar-refractivity contribution in [2.45, 2.75) is 58.0 Å². The van der Waals surface area contributed by atoms with Crippen molar-refractivity contribution in [2.75, 3.05) is 19.7 Å². The molecule has 3 unspecified atom stereocenters. The molecule has 2 aliphatic rings. The van der Waals surface area contributed by atoms with Crippen molar-refractivity contribution in [1.82, 2.24) is 15.5 Å². The van der Waals surface area contributed by atoms with Crippen LogP contribution >= 0.6 is 0 Å². The van der Waals surface area contributed by atoms with Crippen LogP contribution in [-0.2, 0) is 17.6 Å². The monoisotopic (exact) mass is 293 g/mol. The molecule has 2 saturated heterocycles. The van der Waals surface area contributed by atoms with Gasteiger partial charge in [0.1, 0.15) is 0 Å². The molecule has 3 rings (SSSR count). The lowest BCUT2D eigenvalue weighted by molar-refractivity contribution is 0.0153. The molecule has 21 heavy (non-hydrogen) atoms. The lowest BCUT2D eigenvalue weighted by Crippen LogP contribution is -2.33. The third-order valence-corrected chi connectivity index (χ3v) is 4.83. The predicted molar refractivity (Wildman–Crippen MR) is 80.1 cm³/mol. The van der Waals surface area contributed by atoms with Gasteiger partial charge in [0, 0.05) is 19.4 Å². The number of rotatable bonds is 5. The number of hydrogen-bond donors (Lipinski definition) is 1. The van der Waals surface area contributed by atoms with Crippen LogP contribution in [-0.4, -0.2) is 35.9 Å². The third kappa shape index (κ3) is 4.27. The van der Waals surface area contributed by atoms with Gasteiger partial charge in [0.15, 0.2) is 5.82 Å². The van der Waals surface area contributed by atoms with E-state index >= 15 is 0 Å². The number of ether oxygens (including phenoxy) is 1. The molecule has 0 radical (unpaired) electrons. The maximum absolute atomic E-state index is 5.74. The van der Waals surface area contributed by atoms with Crippen LogP contribution in [0, 0.1) is 11.8 Å². The molecule has 1 aromatic heterocycles. The van der Waals surface area contributed by atoms with E-state index in [9.17, 15) is 0 Å². The van der Waals surface area contributed by atoms with E-state index in [1.807, 2.05) is 0 Å². The summed E-state index contributed by atoms with van der Waals surface area (Å²) in [6, 6.07) is 0. The molecule has 0 saturated carbocycles. The zero-order chi connectivity index (χ0) is 14.5. The minimum absolute atomic E-state index is 0.282. The Bertz CT molecular complexity index is 423. The highest BCUT2D eigenvalue weighted by Gasteiger charge is 2.23. The maximum Gasteiger partial charge on any atom is 0.226 e. The molecule has 2 aliphatic heterocycles. The summed E-state index contributed by atoms with van der Waals surface area (Å²) in [5, 5.41) is 7.60. The summed E-state index contributed by atoms with van der Waals surface area (Å²) < 4.78 is 11.2. The molecule has 5 nitrogen and oxygen atoms in total. The van der Waals surface area contributed by atoms with Gasteiger partial charge in [0.05, 0.1) is 6.10 Å². The fourth-order valence-electron chi connectivity index (χ4n) is 3.43. The molecule has 0 bridgehead atoms. The molecule has 3 atom stereocenters. The first-order chi connectivity index (χ1) is 10.3. The van der Waals surface area contributed by atoms with E-state index in [1.165, 1.54) is 25.7 Å². The van der Waals surface area contributed by atoms with Gasteiger partial charge in [0.2, 0.25) is 5.89 Å². The molecule has 1 N–H and O–H groups in total. The van der Waals surface area contributed by atoms with Crippen molar-refractivity contribution in [3.05, 3.63) is 11.7 Å². The molecular weight excluding hydrogens is 266 g/mol. The van der Waals surface area contributed by atoms with Gasteiger partial charge in [-0.3, -0.25) is 0 Å². The lowest BCUT2D eigenvalue weighted by atomic mass is 9.85. The Morgan fingerprint density at radius 1 is 1.29 bits per heavy atom. The fraction of sp³-hybridized carbons (Fsp3) is 0.875. The molecule has 0 amide bonds.